The second-order valence-corrected chi connectivity index (χ2v) is 13.6. The van der Waals surface area contributed by atoms with Crippen LogP contribution in [-0.4, -0.2) is 54.0 Å². The minimum Gasteiger partial charge on any atom is -0.458 e. The van der Waals surface area contributed by atoms with Crippen molar-refractivity contribution in [1.29, 1.82) is 0 Å². The average molecular weight is 433 g/mol. The van der Waals surface area contributed by atoms with Crippen LogP contribution in [0.4, 0.5) is 10.3 Å². The van der Waals surface area contributed by atoms with Crippen molar-refractivity contribution in [2.75, 3.05) is 18.5 Å². The maximum atomic E-state index is 15.1. The Balaban J connectivity index is 1.99. The number of carbonyl (C=O) groups is 1. The quantitative estimate of drug-likeness (QED) is 0.454. The van der Waals surface area contributed by atoms with E-state index in [1.54, 1.807) is 4.52 Å². The first-order chi connectivity index (χ1) is 14.1. The van der Waals surface area contributed by atoms with Gasteiger partial charge in [0, 0.05) is 13.5 Å². The number of fused-ring (bicyclic) bond motifs is 1. The fraction of sp³-hybridized carbons (Fsp3) is 0.571. The van der Waals surface area contributed by atoms with Crippen LogP contribution in [-0.2, 0) is 14.3 Å². The Morgan fingerprint density at radius 1 is 1.43 bits per heavy atom. The van der Waals surface area contributed by atoms with E-state index >= 15 is 4.39 Å². The van der Waals surface area contributed by atoms with Crippen molar-refractivity contribution >= 4 is 25.5 Å². The highest BCUT2D eigenvalue weighted by Gasteiger charge is 2.29. The number of carbonyl (C=O) groups excluding carboxylic acids is 1. The summed E-state index contributed by atoms with van der Waals surface area (Å²) >= 11 is 0. The van der Waals surface area contributed by atoms with Crippen molar-refractivity contribution in [3.05, 3.63) is 23.3 Å². The standard InChI is InChI=1S/C21H29FN4O3Si/c1-13(2)20-15(8-10-30(4,5)6)19(22)17-11-23-21(25-26(17)20)24-16-7-9-28-12-18(16)29-14(3)27/h11,13,16,18H,7,9,12H2,1-6H3,(H,24,25)/t16-,18-/m1/s1. The minimum absolute atomic E-state index is 0.0209. The maximum Gasteiger partial charge on any atom is 0.303 e. The highest BCUT2D eigenvalue weighted by Crippen LogP contribution is 2.27. The Hall–Kier alpha value is -2.44. The van der Waals surface area contributed by atoms with Crippen molar-refractivity contribution in [2.45, 2.75) is 64.9 Å². The molecule has 0 unspecified atom stereocenters. The lowest BCUT2D eigenvalue weighted by Gasteiger charge is -2.31. The van der Waals surface area contributed by atoms with Crippen LogP contribution in [0.1, 0.15) is 44.4 Å². The number of halogens is 1. The van der Waals surface area contributed by atoms with Crippen LogP contribution >= 0.6 is 0 Å². The van der Waals surface area contributed by atoms with Crippen LogP contribution in [0.2, 0.25) is 19.6 Å². The molecule has 0 saturated carbocycles. The number of esters is 1. The highest BCUT2D eigenvalue weighted by atomic mass is 28.3. The molecule has 2 aromatic rings. The molecule has 1 aliphatic heterocycles. The minimum atomic E-state index is -1.67. The van der Waals surface area contributed by atoms with E-state index in [2.05, 4.69) is 46.5 Å². The molecular formula is C21H29FN4O3Si. The van der Waals surface area contributed by atoms with Crippen molar-refractivity contribution in [3.63, 3.8) is 0 Å². The zero-order chi connectivity index (χ0) is 22.1. The highest BCUT2D eigenvalue weighted by molar-refractivity contribution is 6.83. The third-order valence-corrected chi connectivity index (χ3v) is 5.58. The smallest absolute Gasteiger partial charge is 0.303 e. The molecule has 0 radical (unpaired) electrons. The van der Waals surface area contributed by atoms with Crippen molar-refractivity contribution in [1.82, 2.24) is 14.6 Å². The molecule has 30 heavy (non-hydrogen) atoms. The lowest BCUT2D eigenvalue weighted by atomic mass is 10.1. The number of nitrogens with one attached hydrogen (secondary N) is 1. The molecule has 0 amide bonds. The second-order valence-electron chi connectivity index (χ2n) is 8.87. The van der Waals surface area contributed by atoms with E-state index in [0.717, 1.165) is 5.69 Å². The third-order valence-electron chi connectivity index (χ3n) is 4.71. The van der Waals surface area contributed by atoms with Gasteiger partial charge in [-0.15, -0.1) is 10.6 Å². The lowest BCUT2D eigenvalue weighted by molar-refractivity contribution is -0.153. The molecule has 3 rings (SSSR count). The van der Waals surface area contributed by atoms with Gasteiger partial charge in [0.15, 0.2) is 5.82 Å². The maximum absolute atomic E-state index is 15.1. The molecule has 0 bridgehead atoms. The zero-order valence-electron chi connectivity index (χ0n) is 18.4. The molecule has 0 aromatic carbocycles. The van der Waals surface area contributed by atoms with Crippen LogP contribution in [0, 0.1) is 17.3 Å². The molecular weight excluding hydrogens is 403 g/mol. The van der Waals surface area contributed by atoms with Crippen LogP contribution in [0.3, 0.4) is 0 Å². The number of aromatic nitrogens is 3. The Bertz CT molecular complexity index is 1000. The number of nitrogens with zero attached hydrogens (tertiary/aromatic N) is 3. The fourth-order valence-corrected chi connectivity index (χ4v) is 3.87. The predicted molar refractivity (Wildman–Crippen MR) is 116 cm³/mol. The van der Waals surface area contributed by atoms with Gasteiger partial charge < -0.3 is 14.8 Å². The molecule has 0 spiro atoms. The summed E-state index contributed by atoms with van der Waals surface area (Å²) in [4.78, 5) is 15.7. The number of rotatable bonds is 4. The van der Waals surface area contributed by atoms with E-state index in [1.807, 2.05) is 13.8 Å². The topological polar surface area (TPSA) is 77.8 Å². The third kappa shape index (κ3) is 4.99. The number of ether oxygens (including phenoxy) is 2. The summed E-state index contributed by atoms with van der Waals surface area (Å²) in [6, 6.07) is -0.186. The van der Waals surface area contributed by atoms with E-state index in [1.165, 1.54) is 13.1 Å². The van der Waals surface area contributed by atoms with Gasteiger partial charge in [0.25, 0.3) is 0 Å². The number of hydrogen-bond acceptors (Lipinski definition) is 6. The number of hydrogen-bond donors (Lipinski definition) is 1. The van der Waals surface area contributed by atoms with Gasteiger partial charge in [0.1, 0.15) is 19.7 Å². The molecule has 162 valence electrons. The summed E-state index contributed by atoms with van der Waals surface area (Å²) in [5.41, 5.74) is 4.66. The van der Waals surface area contributed by atoms with E-state index in [4.69, 9.17) is 9.47 Å². The van der Waals surface area contributed by atoms with E-state index < -0.39 is 14.2 Å². The van der Waals surface area contributed by atoms with Gasteiger partial charge in [-0.1, -0.05) is 39.4 Å². The first-order valence-corrected chi connectivity index (χ1v) is 13.7. The van der Waals surface area contributed by atoms with E-state index in [-0.39, 0.29) is 23.7 Å². The normalized spacial score (nSPS) is 19.5. The largest absolute Gasteiger partial charge is 0.458 e. The molecule has 9 heteroatoms. The average Bonchev–Trinajstić information content (AvgIpc) is 2.92. The molecule has 1 aliphatic rings. The van der Waals surface area contributed by atoms with Crippen LogP contribution in [0.5, 0.6) is 0 Å². The Morgan fingerprint density at radius 3 is 2.80 bits per heavy atom. The monoisotopic (exact) mass is 432 g/mol. The van der Waals surface area contributed by atoms with Gasteiger partial charge in [-0.2, -0.15) is 0 Å². The van der Waals surface area contributed by atoms with Crippen molar-refractivity contribution in [2.24, 2.45) is 0 Å². The summed E-state index contributed by atoms with van der Waals surface area (Å²) < 4.78 is 27.5. The van der Waals surface area contributed by atoms with Gasteiger partial charge in [-0.25, -0.2) is 13.9 Å². The van der Waals surface area contributed by atoms with Crippen LogP contribution in [0.25, 0.3) is 5.52 Å². The first-order valence-electron chi connectivity index (χ1n) is 10.2. The van der Waals surface area contributed by atoms with Gasteiger partial charge in [0.2, 0.25) is 5.95 Å². The Labute approximate surface area is 177 Å². The molecule has 1 fully saturated rings. The van der Waals surface area contributed by atoms with Crippen molar-refractivity contribution < 1.29 is 18.7 Å². The van der Waals surface area contributed by atoms with Gasteiger partial charge in [-0.3, -0.25) is 4.79 Å². The fourth-order valence-electron chi connectivity index (χ4n) is 3.37. The molecule has 1 N–H and O–H groups in total. The SMILES string of the molecule is CC(=O)O[C@@H]1COCC[C@H]1Nc1ncc2c(F)c(C#C[Si](C)(C)C)c(C(C)C)n2n1. The number of anilines is 1. The summed E-state index contributed by atoms with van der Waals surface area (Å²) in [5, 5.41) is 7.77. The predicted octanol–water partition coefficient (Wildman–Crippen LogP) is 3.35. The Morgan fingerprint density at radius 2 is 2.17 bits per heavy atom. The summed E-state index contributed by atoms with van der Waals surface area (Å²) in [6.45, 7) is 12.6. The molecule has 1 saturated heterocycles. The second kappa shape index (κ2) is 8.74. The summed E-state index contributed by atoms with van der Waals surface area (Å²) in [6.07, 6.45) is 1.68. The molecule has 3 heterocycles. The summed E-state index contributed by atoms with van der Waals surface area (Å²) in [7, 11) is -1.67. The van der Waals surface area contributed by atoms with Crippen LogP contribution < -0.4 is 5.32 Å². The van der Waals surface area contributed by atoms with Gasteiger partial charge in [0.05, 0.1) is 30.1 Å². The first kappa shape index (κ1) is 22.2. The molecule has 2 atom stereocenters. The van der Waals surface area contributed by atoms with Crippen LogP contribution in [0.15, 0.2) is 6.20 Å². The molecule has 2 aromatic heterocycles. The van der Waals surface area contributed by atoms with E-state index in [9.17, 15) is 4.79 Å². The lowest BCUT2D eigenvalue weighted by Crippen LogP contribution is -2.44. The zero-order valence-corrected chi connectivity index (χ0v) is 19.4. The van der Waals surface area contributed by atoms with E-state index in [0.29, 0.717) is 36.7 Å². The summed E-state index contributed by atoms with van der Waals surface area (Å²) in [5.74, 6) is 2.68. The van der Waals surface area contributed by atoms with Gasteiger partial charge >= 0.3 is 5.97 Å². The molecule has 7 nitrogen and oxygen atoms in total. The van der Waals surface area contributed by atoms with Crippen molar-refractivity contribution in [3.8, 4) is 11.5 Å². The van der Waals surface area contributed by atoms with Gasteiger partial charge in [-0.05, 0) is 12.3 Å². The molecule has 0 aliphatic carbocycles. The Kier molecular flexibility index (Phi) is 6.48.